The minimum atomic E-state index is 0.905. The smallest absolute Gasteiger partial charge is 0.143 e. The second-order valence-electron chi connectivity index (χ2n) is 14.8. The van der Waals surface area contributed by atoms with Crippen molar-refractivity contribution in [1.82, 2.24) is 0 Å². The molecule has 0 atom stereocenters. The van der Waals surface area contributed by atoms with E-state index in [9.17, 15) is 0 Å². The van der Waals surface area contributed by atoms with Crippen LogP contribution in [0, 0.1) is 0 Å². The molecule has 0 saturated carbocycles. The van der Waals surface area contributed by atoms with Crippen molar-refractivity contribution in [3.05, 3.63) is 224 Å². The van der Waals surface area contributed by atoms with Crippen molar-refractivity contribution in [1.29, 1.82) is 0 Å². The molecule has 0 saturated heterocycles. The third kappa shape index (κ3) is 5.74. The SMILES string of the molecule is c1ccc(-c2ccc(N(c3ccc(-c4ccccc4)cc3)c3ccc(-c4ccc(-c5ccccc5)c5oc6c7ccccc7c7ccccc7c6c45)cc3)cc2)cc1. The monoisotopic (exact) mass is 739 g/mol. The van der Waals surface area contributed by atoms with Crippen LogP contribution < -0.4 is 4.90 Å². The molecule has 0 N–H and O–H groups in total. The Kier molecular flexibility index (Phi) is 8.19. The van der Waals surface area contributed by atoms with E-state index in [1.807, 2.05) is 0 Å². The Bertz CT molecular complexity index is 3140. The molecule has 0 bridgehead atoms. The van der Waals surface area contributed by atoms with Crippen LogP contribution in [0.3, 0.4) is 0 Å². The van der Waals surface area contributed by atoms with Crippen LogP contribution in [0.5, 0.6) is 0 Å². The van der Waals surface area contributed by atoms with Crippen LogP contribution in [0.15, 0.2) is 229 Å². The molecule has 10 aromatic carbocycles. The zero-order chi connectivity index (χ0) is 38.4. The molecule has 0 aliphatic rings. The van der Waals surface area contributed by atoms with Gasteiger partial charge in [0, 0.05) is 38.8 Å². The van der Waals surface area contributed by atoms with Gasteiger partial charge >= 0.3 is 0 Å². The van der Waals surface area contributed by atoms with Crippen LogP contribution >= 0.6 is 0 Å². The average molecular weight is 740 g/mol. The van der Waals surface area contributed by atoms with Gasteiger partial charge in [-0.05, 0) is 97.6 Å². The summed E-state index contributed by atoms with van der Waals surface area (Å²) in [6, 6.07) is 80.3. The lowest BCUT2D eigenvalue weighted by Gasteiger charge is -2.26. The summed E-state index contributed by atoms with van der Waals surface area (Å²) in [5.74, 6) is 0. The van der Waals surface area contributed by atoms with Gasteiger partial charge in [0.15, 0.2) is 0 Å². The van der Waals surface area contributed by atoms with Crippen LogP contribution in [0.2, 0.25) is 0 Å². The maximum absolute atomic E-state index is 7.07. The van der Waals surface area contributed by atoms with E-state index in [0.29, 0.717) is 0 Å². The summed E-state index contributed by atoms with van der Waals surface area (Å²) in [6.07, 6.45) is 0. The molecular weight excluding hydrogens is 703 g/mol. The number of anilines is 3. The van der Waals surface area contributed by atoms with Crippen molar-refractivity contribution in [3.63, 3.8) is 0 Å². The van der Waals surface area contributed by atoms with E-state index in [2.05, 4.69) is 229 Å². The van der Waals surface area contributed by atoms with Crippen molar-refractivity contribution in [3.8, 4) is 44.5 Å². The van der Waals surface area contributed by atoms with Crippen molar-refractivity contribution in [2.45, 2.75) is 0 Å². The summed E-state index contributed by atoms with van der Waals surface area (Å²) < 4.78 is 7.07. The molecule has 0 fully saturated rings. The highest BCUT2D eigenvalue weighted by Crippen LogP contribution is 2.47. The van der Waals surface area contributed by atoms with Gasteiger partial charge < -0.3 is 9.32 Å². The summed E-state index contributed by atoms with van der Waals surface area (Å²) in [5.41, 5.74) is 14.4. The summed E-state index contributed by atoms with van der Waals surface area (Å²) in [5, 5.41) is 7.04. The first kappa shape index (κ1) is 33.6. The number of nitrogens with zero attached hydrogens (tertiary/aromatic N) is 1. The molecule has 11 rings (SSSR count). The van der Waals surface area contributed by atoms with E-state index in [4.69, 9.17) is 4.42 Å². The number of fused-ring (bicyclic) bond motifs is 8. The zero-order valence-electron chi connectivity index (χ0n) is 31.7. The van der Waals surface area contributed by atoms with E-state index >= 15 is 0 Å². The molecule has 0 unspecified atom stereocenters. The van der Waals surface area contributed by atoms with Crippen LogP contribution in [-0.4, -0.2) is 0 Å². The summed E-state index contributed by atoms with van der Waals surface area (Å²) in [7, 11) is 0. The van der Waals surface area contributed by atoms with Crippen molar-refractivity contribution in [2.24, 2.45) is 0 Å². The fourth-order valence-corrected chi connectivity index (χ4v) is 8.69. The van der Waals surface area contributed by atoms with Gasteiger partial charge in [0.1, 0.15) is 11.2 Å². The number of furan rings is 1. The quantitative estimate of drug-likeness (QED) is 0.151. The molecule has 0 radical (unpaired) electrons. The third-order valence-corrected chi connectivity index (χ3v) is 11.5. The molecule has 58 heavy (non-hydrogen) atoms. The molecular formula is C56H37NO. The molecule has 2 nitrogen and oxygen atoms in total. The maximum atomic E-state index is 7.07. The highest BCUT2D eigenvalue weighted by atomic mass is 16.3. The molecule has 0 amide bonds. The summed E-state index contributed by atoms with van der Waals surface area (Å²) >= 11 is 0. The van der Waals surface area contributed by atoms with E-state index in [-0.39, 0.29) is 0 Å². The minimum absolute atomic E-state index is 0.905. The number of benzene rings is 10. The van der Waals surface area contributed by atoms with E-state index < -0.39 is 0 Å². The van der Waals surface area contributed by atoms with E-state index in [0.717, 1.165) is 66.6 Å². The molecule has 2 heteroatoms. The van der Waals surface area contributed by atoms with E-state index in [1.165, 1.54) is 38.4 Å². The van der Waals surface area contributed by atoms with Crippen molar-refractivity contribution >= 4 is 60.5 Å². The predicted octanol–water partition coefficient (Wildman–Crippen LogP) is 16.0. The van der Waals surface area contributed by atoms with Crippen LogP contribution in [0.25, 0.3) is 88.0 Å². The van der Waals surface area contributed by atoms with Gasteiger partial charge in [-0.25, -0.2) is 0 Å². The maximum Gasteiger partial charge on any atom is 0.143 e. The van der Waals surface area contributed by atoms with Crippen molar-refractivity contribution < 1.29 is 4.42 Å². The summed E-state index contributed by atoms with van der Waals surface area (Å²) in [6.45, 7) is 0. The predicted molar refractivity (Wildman–Crippen MR) is 245 cm³/mol. The molecule has 272 valence electrons. The largest absolute Gasteiger partial charge is 0.455 e. The average Bonchev–Trinajstić information content (AvgIpc) is 3.72. The zero-order valence-corrected chi connectivity index (χ0v) is 31.7. The highest BCUT2D eigenvalue weighted by Gasteiger charge is 2.22. The highest BCUT2D eigenvalue weighted by molar-refractivity contribution is 6.33. The fourth-order valence-electron chi connectivity index (χ4n) is 8.69. The van der Waals surface area contributed by atoms with Gasteiger partial charge in [-0.3, -0.25) is 0 Å². The third-order valence-electron chi connectivity index (χ3n) is 11.5. The molecule has 0 aliphatic carbocycles. The lowest BCUT2D eigenvalue weighted by Crippen LogP contribution is -2.09. The Morgan fingerprint density at radius 2 is 0.603 bits per heavy atom. The van der Waals surface area contributed by atoms with E-state index in [1.54, 1.807) is 0 Å². The standard InChI is InChI=1S/C56H37NO/c1-4-14-38(15-5-1)40-24-30-44(31-25-40)57(45-32-26-41(27-33-45)39-16-6-2-7-17-39)46-34-28-43(29-35-46)47-36-37-48(42-18-8-3-9-19-42)55-53(47)54-51-22-12-10-20-49(51)50-21-11-13-23-52(50)56(54)58-55/h1-37H. The Balaban J connectivity index is 1.08. The Morgan fingerprint density at radius 3 is 1.12 bits per heavy atom. The molecule has 11 aromatic rings. The van der Waals surface area contributed by atoms with Crippen molar-refractivity contribution in [2.75, 3.05) is 4.90 Å². The Labute approximate surface area is 337 Å². The topological polar surface area (TPSA) is 16.4 Å². The first-order valence-corrected chi connectivity index (χ1v) is 19.8. The number of hydrogen-bond donors (Lipinski definition) is 0. The summed E-state index contributed by atoms with van der Waals surface area (Å²) in [4.78, 5) is 2.34. The van der Waals surface area contributed by atoms with Gasteiger partial charge in [-0.2, -0.15) is 0 Å². The van der Waals surface area contributed by atoms with Gasteiger partial charge in [0.05, 0.1) is 0 Å². The lowest BCUT2D eigenvalue weighted by atomic mass is 9.91. The van der Waals surface area contributed by atoms with Crippen LogP contribution in [0.4, 0.5) is 17.1 Å². The minimum Gasteiger partial charge on any atom is -0.455 e. The normalized spacial score (nSPS) is 11.4. The first-order valence-electron chi connectivity index (χ1n) is 19.8. The molecule has 1 aromatic heterocycles. The second-order valence-corrected chi connectivity index (χ2v) is 14.8. The molecule has 0 spiro atoms. The van der Waals surface area contributed by atoms with Crippen LogP contribution in [0.1, 0.15) is 0 Å². The molecule has 1 heterocycles. The van der Waals surface area contributed by atoms with Gasteiger partial charge in [-0.1, -0.05) is 182 Å². The van der Waals surface area contributed by atoms with Crippen LogP contribution in [-0.2, 0) is 0 Å². The lowest BCUT2D eigenvalue weighted by molar-refractivity contribution is 0.674. The number of hydrogen-bond acceptors (Lipinski definition) is 2. The van der Waals surface area contributed by atoms with Gasteiger partial charge in [-0.15, -0.1) is 0 Å². The van der Waals surface area contributed by atoms with Gasteiger partial charge in [0.25, 0.3) is 0 Å². The van der Waals surface area contributed by atoms with Gasteiger partial charge in [0.2, 0.25) is 0 Å². The fraction of sp³-hybridized carbons (Fsp3) is 0. The molecule has 0 aliphatic heterocycles. The number of rotatable bonds is 7. The second kappa shape index (κ2) is 14.1. The Morgan fingerprint density at radius 1 is 0.241 bits per heavy atom. The first-order chi connectivity index (χ1) is 28.8. The Hall–Kier alpha value is -7.68.